The number of carbonyl (C=O) groups excluding carboxylic acids is 1. The number of nitrogens with one attached hydrogen (secondary N) is 1. The Bertz CT molecular complexity index is 1270. The van der Waals surface area contributed by atoms with Gasteiger partial charge in [0, 0.05) is 34.9 Å². The number of thiazole rings is 1. The third-order valence-corrected chi connectivity index (χ3v) is 6.48. The van der Waals surface area contributed by atoms with Crippen LogP contribution in [0.5, 0.6) is 5.75 Å². The van der Waals surface area contributed by atoms with Gasteiger partial charge in [0.2, 0.25) is 5.91 Å². The number of nitrogens with zero attached hydrogens (tertiary/aromatic N) is 3. The first kappa shape index (κ1) is 22.5. The molecular formula is C25H20N4O2S2. The maximum atomic E-state index is 12.2. The Kier molecular flexibility index (Phi) is 7.35. The molecule has 0 radical (unpaired) electrons. The van der Waals surface area contributed by atoms with Gasteiger partial charge >= 0.3 is 0 Å². The van der Waals surface area contributed by atoms with Gasteiger partial charge in [-0.3, -0.25) is 4.79 Å². The van der Waals surface area contributed by atoms with Crippen molar-refractivity contribution in [3.8, 4) is 34.2 Å². The van der Waals surface area contributed by atoms with Crippen LogP contribution in [-0.4, -0.2) is 28.7 Å². The third-order valence-electron chi connectivity index (χ3n) is 4.82. The summed E-state index contributed by atoms with van der Waals surface area (Å²) in [5.41, 5.74) is 3.92. The summed E-state index contributed by atoms with van der Waals surface area (Å²) in [7, 11) is 1.62. The van der Waals surface area contributed by atoms with Crippen molar-refractivity contribution in [3.63, 3.8) is 0 Å². The van der Waals surface area contributed by atoms with Crippen LogP contribution in [0.3, 0.4) is 0 Å². The van der Waals surface area contributed by atoms with Crippen molar-refractivity contribution in [3.05, 3.63) is 77.8 Å². The molecule has 0 saturated carbocycles. The van der Waals surface area contributed by atoms with Crippen molar-refractivity contribution in [2.75, 3.05) is 18.2 Å². The van der Waals surface area contributed by atoms with Gasteiger partial charge in [-0.2, -0.15) is 5.26 Å². The normalized spacial score (nSPS) is 10.4. The zero-order valence-corrected chi connectivity index (χ0v) is 19.5. The van der Waals surface area contributed by atoms with Gasteiger partial charge in [0.15, 0.2) is 5.13 Å². The number of rotatable bonds is 8. The van der Waals surface area contributed by atoms with Crippen molar-refractivity contribution in [1.82, 2.24) is 9.97 Å². The van der Waals surface area contributed by atoms with Crippen molar-refractivity contribution in [1.29, 1.82) is 5.26 Å². The second-order valence-corrected chi connectivity index (χ2v) is 8.90. The van der Waals surface area contributed by atoms with E-state index in [1.54, 1.807) is 13.3 Å². The number of methoxy groups -OCH3 is 1. The van der Waals surface area contributed by atoms with Gasteiger partial charge in [0.25, 0.3) is 0 Å². The average molecular weight is 473 g/mol. The van der Waals surface area contributed by atoms with Crippen LogP contribution in [0.15, 0.2) is 77.3 Å². The highest BCUT2D eigenvalue weighted by Gasteiger charge is 2.16. The van der Waals surface area contributed by atoms with Crippen molar-refractivity contribution in [2.24, 2.45) is 0 Å². The third kappa shape index (κ3) is 5.58. The van der Waals surface area contributed by atoms with Crippen LogP contribution in [0.2, 0.25) is 0 Å². The summed E-state index contributed by atoms with van der Waals surface area (Å²) in [4.78, 5) is 21.1. The second-order valence-electron chi connectivity index (χ2n) is 6.93. The lowest BCUT2D eigenvalue weighted by atomic mass is 9.99. The summed E-state index contributed by atoms with van der Waals surface area (Å²) < 4.78 is 5.27. The fraction of sp³-hybridized carbons (Fsp3) is 0.120. The number of hydrogen-bond donors (Lipinski definition) is 1. The fourth-order valence-corrected chi connectivity index (χ4v) is 4.69. The second kappa shape index (κ2) is 10.8. The minimum Gasteiger partial charge on any atom is -0.497 e. The Morgan fingerprint density at radius 2 is 1.94 bits per heavy atom. The molecule has 0 fully saturated rings. The van der Waals surface area contributed by atoms with E-state index in [1.165, 1.54) is 23.1 Å². The molecule has 33 heavy (non-hydrogen) atoms. The highest BCUT2D eigenvalue weighted by molar-refractivity contribution is 7.99. The zero-order valence-electron chi connectivity index (χ0n) is 17.8. The van der Waals surface area contributed by atoms with E-state index in [0.717, 1.165) is 28.1 Å². The Labute approximate surface area is 200 Å². The Morgan fingerprint density at radius 3 is 2.61 bits per heavy atom. The number of aromatic nitrogens is 2. The number of carbonyl (C=O) groups is 1. The molecule has 0 unspecified atom stereocenters. The first-order valence-electron chi connectivity index (χ1n) is 10.1. The number of hydrogen-bond acceptors (Lipinski definition) is 7. The lowest BCUT2D eigenvalue weighted by Gasteiger charge is -2.13. The summed E-state index contributed by atoms with van der Waals surface area (Å²) in [6, 6.07) is 21.7. The first-order valence-corrected chi connectivity index (χ1v) is 12.0. The topological polar surface area (TPSA) is 87.9 Å². The van der Waals surface area contributed by atoms with E-state index >= 15 is 0 Å². The fourth-order valence-electron chi connectivity index (χ4n) is 3.20. The van der Waals surface area contributed by atoms with E-state index in [9.17, 15) is 10.1 Å². The molecular weight excluding hydrogens is 452 g/mol. The summed E-state index contributed by atoms with van der Waals surface area (Å²) in [6.07, 6.45) is 1.93. The van der Waals surface area contributed by atoms with Gasteiger partial charge in [-0.25, -0.2) is 9.97 Å². The molecule has 2 aromatic carbocycles. The van der Waals surface area contributed by atoms with Crippen LogP contribution >= 0.6 is 23.1 Å². The molecule has 0 saturated heterocycles. The van der Waals surface area contributed by atoms with Gasteiger partial charge in [0.05, 0.1) is 18.4 Å². The zero-order chi connectivity index (χ0) is 23.0. The SMILES string of the molecule is COc1ccc(-c2cc(-c3ccccc3)nc(SCCC(=O)Nc3nccs3)c2C#N)cc1. The average Bonchev–Trinajstić information content (AvgIpc) is 3.37. The van der Waals surface area contributed by atoms with E-state index in [0.29, 0.717) is 21.5 Å². The van der Waals surface area contributed by atoms with Gasteiger partial charge in [0.1, 0.15) is 16.8 Å². The number of nitriles is 1. The maximum Gasteiger partial charge on any atom is 0.226 e. The largest absolute Gasteiger partial charge is 0.497 e. The number of pyridine rings is 1. The molecule has 2 aromatic heterocycles. The van der Waals surface area contributed by atoms with Crippen LogP contribution in [0.1, 0.15) is 12.0 Å². The van der Waals surface area contributed by atoms with Gasteiger partial charge in [-0.05, 0) is 23.8 Å². The standard InChI is InChI=1S/C25H20N4O2S2/c1-31-19-9-7-17(8-10-19)20-15-22(18-5-3-2-4-6-18)28-24(21(20)16-26)32-13-11-23(30)29-25-27-12-14-33-25/h2-10,12,14-15H,11,13H2,1H3,(H,27,29,30). The Morgan fingerprint density at radius 1 is 1.15 bits per heavy atom. The summed E-state index contributed by atoms with van der Waals surface area (Å²) in [6.45, 7) is 0. The van der Waals surface area contributed by atoms with E-state index in [2.05, 4.69) is 16.4 Å². The molecule has 6 nitrogen and oxygen atoms in total. The van der Waals surface area contributed by atoms with Gasteiger partial charge in [-0.1, -0.05) is 42.5 Å². The monoisotopic (exact) mass is 472 g/mol. The maximum absolute atomic E-state index is 12.2. The summed E-state index contributed by atoms with van der Waals surface area (Å²) >= 11 is 2.78. The quantitative estimate of drug-likeness (QED) is 0.323. The van der Waals surface area contributed by atoms with E-state index in [4.69, 9.17) is 9.72 Å². The molecule has 2 heterocycles. The molecule has 1 amide bonds. The highest BCUT2D eigenvalue weighted by atomic mass is 32.2. The van der Waals surface area contributed by atoms with Gasteiger partial charge < -0.3 is 10.1 Å². The molecule has 4 rings (SSSR count). The van der Waals surface area contributed by atoms with Crippen molar-refractivity contribution >= 4 is 34.1 Å². The predicted molar refractivity (Wildman–Crippen MR) is 132 cm³/mol. The van der Waals surface area contributed by atoms with Crippen LogP contribution in [0, 0.1) is 11.3 Å². The van der Waals surface area contributed by atoms with E-state index in [-0.39, 0.29) is 12.3 Å². The highest BCUT2D eigenvalue weighted by Crippen LogP contribution is 2.35. The lowest BCUT2D eigenvalue weighted by molar-refractivity contribution is -0.115. The molecule has 164 valence electrons. The molecule has 0 aliphatic rings. The number of thioether (sulfide) groups is 1. The minimum absolute atomic E-state index is 0.120. The van der Waals surface area contributed by atoms with Crippen molar-refractivity contribution < 1.29 is 9.53 Å². The lowest BCUT2D eigenvalue weighted by Crippen LogP contribution is -2.12. The summed E-state index contributed by atoms with van der Waals surface area (Å²) in [5.74, 6) is 1.11. The molecule has 4 aromatic rings. The predicted octanol–water partition coefficient (Wildman–Crippen LogP) is 5.87. The van der Waals surface area contributed by atoms with Crippen LogP contribution < -0.4 is 10.1 Å². The number of anilines is 1. The molecule has 8 heteroatoms. The number of benzene rings is 2. The number of amides is 1. The molecule has 0 aliphatic carbocycles. The molecule has 0 bridgehead atoms. The first-order chi connectivity index (χ1) is 16.2. The number of ether oxygens (including phenoxy) is 1. The molecule has 0 aliphatic heterocycles. The Balaban J connectivity index is 1.64. The van der Waals surface area contributed by atoms with Gasteiger partial charge in [-0.15, -0.1) is 23.1 Å². The smallest absolute Gasteiger partial charge is 0.226 e. The van der Waals surface area contributed by atoms with Crippen LogP contribution in [0.4, 0.5) is 5.13 Å². The molecule has 1 N–H and O–H groups in total. The molecule has 0 spiro atoms. The minimum atomic E-state index is -0.120. The van der Waals surface area contributed by atoms with Crippen LogP contribution in [0.25, 0.3) is 22.4 Å². The van der Waals surface area contributed by atoms with E-state index in [1.807, 2.05) is 66.0 Å². The van der Waals surface area contributed by atoms with Crippen LogP contribution in [-0.2, 0) is 4.79 Å². The molecule has 0 atom stereocenters. The van der Waals surface area contributed by atoms with E-state index < -0.39 is 0 Å². The van der Waals surface area contributed by atoms with Crippen molar-refractivity contribution in [2.45, 2.75) is 11.4 Å². The Hall–Kier alpha value is -3.67. The summed E-state index contributed by atoms with van der Waals surface area (Å²) in [5, 5.41) is 15.8.